The van der Waals surface area contributed by atoms with Gasteiger partial charge < -0.3 is 14.8 Å². The summed E-state index contributed by atoms with van der Waals surface area (Å²) in [7, 11) is -0.766. The van der Waals surface area contributed by atoms with E-state index in [1.54, 1.807) is 37.4 Å². The fraction of sp³-hybridized carbons (Fsp3) is 0.409. The molecule has 1 amide bonds. The molecular formula is C22H28N2O5S. The van der Waals surface area contributed by atoms with E-state index in [2.05, 4.69) is 5.32 Å². The third-order valence-corrected chi connectivity index (χ3v) is 6.93. The van der Waals surface area contributed by atoms with Crippen LogP contribution in [0.3, 0.4) is 0 Å². The van der Waals surface area contributed by atoms with Gasteiger partial charge in [0.2, 0.25) is 15.9 Å². The quantitative estimate of drug-likeness (QED) is 0.758. The SMILES string of the molecule is COc1ccc2c(c1)OC(C)(C)C[C@H]2NC(=O)CN(C)S(=O)(=O)c1ccc(C)cc1. The van der Waals surface area contributed by atoms with Gasteiger partial charge >= 0.3 is 0 Å². The number of likely N-dealkylation sites (N-methyl/N-ethyl adjacent to an activating group) is 1. The van der Waals surface area contributed by atoms with Crippen molar-refractivity contribution in [3.8, 4) is 11.5 Å². The van der Waals surface area contributed by atoms with Gasteiger partial charge in [0.15, 0.2) is 0 Å². The molecule has 2 aromatic carbocycles. The summed E-state index contributed by atoms with van der Waals surface area (Å²) in [6.45, 7) is 5.50. The summed E-state index contributed by atoms with van der Waals surface area (Å²) in [5.41, 5.74) is 1.32. The lowest BCUT2D eigenvalue weighted by Crippen LogP contribution is -2.44. The number of nitrogens with zero attached hydrogens (tertiary/aromatic N) is 1. The zero-order valence-electron chi connectivity index (χ0n) is 17.9. The van der Waals surface area contributed by atoms with Crippen LogP contribution in [0.2, 0.25) is 0 Å². The van der Waals surface area contributed by atoms with Gasteiger partial charge in [-0.25, -0.2) is 8.42 Å². The number of hydrogen-bond acceptors (Lipinski definition) is 5. The summed E-state index contributed by atoms with van der Waals surface area (Å²) in [4.78, 5) is 12.9. The Hall–Kier alpha value is -2.58. The summed E-state index contributed by atoms with van der Waals surface area (Å²) in [6, 6.07) is 11.7. The van der Waals surface area contributed by atoms with Crippen molar-refractivity contribution in [2.75, 3.05) is 20.7 Å². The predicted molar refractivity (Wildman–Crippen MR) is 114 cm³/mol. The molecule has 0 aromatic heterocycles. The monoisotopic (exact) mass is 432 g/mol. The standard InChI is InChI=1S/C22H28N2O5S/c1-15-6-9-17(10-7-15)30(26,27)24(4)14-21(25)23-19-13-22(2,3)29-20-12-16(28-5)8-11-18(19)20/h6-12,19H,13-14H2,1-5H3,(H,23,25)/t19-/m1/s1. The van der Waals surface area contributed by atoms with Crippen LogP contribution in [0.15, 0.2) is 47.4 Å². The molecule has 1 heterocycles. The van der Waals surface area contributed by atoms with Crippen molar-refractivity contribution >= 4 is 15.9 Å². The molecule has 0 unspecified atom stereocenters. The van der Waals surface area contributed by atoms with E-state index in [1.807, 2.05) is 32.9 Å². The molecular weight excluding hydrogens is 404 g/mol. The van der Waals surface area contributed by atoms with Crippen molar-refractivity contribution in [3.05, 3.63) is 53.6 Å². The Kier molecular flexibility index (Phi) is 6.10. The third kappa shape index (κ3) is 4.76. The molecule has 1 aliphatic heterocycles. The Morgan fingerprint density at radius 3 is 2.53 bits per heavy atom. The van der Waals surface area contributed by atoms with Crippen molar-refractivity contribution < 1.29 is 22.7 Å². The van der Waals surface area contributed by atoms with Crippen molar-refractivity contribution in [1.82, 2.24) is 9.62 Å². The van der Waals surface area contributed by atoms with Crippen LogP contribution in [0, 0.1) is 6.92 Å². The number of amides is 1. The number of ether oxygens (including phenoxy) is 2. The molecule has 2 aromatic rings. The highest BCUT2D eigenvalue weighted by Crippen LogP contribution is 2.41. The molecule has 1 aliphatic rings. The molecule has 30 heavy (non-hydrogen) atoms. The highest BCUT2D eigenvalue weighted by atomic mass is 32.2. The van der Waals surface area contributed by atoms with Crippen LogP contribution in [0.4, 0.5) is 0 Å². The molecule has 3 rings (SSSR count). The maximum Gasteiger partial charge on any atom is 0.243 e. The third-order valence-electron chi connectivity index (χ3n) is 5.11. The van der Waals surface area contributed by atoms with Crippen LogP contribution in [0.1, 0.15) is 37.4 Å². The van der Waals surface area contributed by atoms with Crippen LogP contribution < -0.4 is 14.8 Å². The fourth-order valence-electron chi connectivity index (χ4n) is 3.50. The van der Waals surface area contributed by atoms with Crippen molar-refractivity contribution in [1.29, 1.82) is 0 Å². The Morgan fingerprint density at radius 1 is 1.23 bits per heavy atom. The van der Waals surface area contributed by atoms with Gasteiger partial charge in [0, 0.05) is 25.1 Å². The molecule has 0 spiro atoms. The predicted octanol–water partition coefficient (Wildman–Crippen LogP) is 3.04. The summed E-state index contributed by atoms with van der Waals surface area (Å²) in [5.74, 6) is 0.939. The summed E-state index contributed by atoms with van der Waals surface area (Å²) >= 11 is 0. The first-order chi connectivity index (χ1) is 14.0. The van der Waals surface area contributed by atoms with Gasteiger partial charge in [-0.3, -0.25) is 4.79 Å². The minimum Gasteiger partial charge on any atom is -0.497 e. The number of methoxy groups -OCH3 is 1. The van der Waals surface area contributed by atoms with E-state index >= 15 is 0 Å². The average Bonchev–Trinajstić information content (AvgIpc) is 2.66. The van der Waals surface area contributed by atoms with Gasteiger partial charge in [-0.15, -0.1) is 0 Å². The van der Waals surface area contributed by atoms with Gasteiger partial charge in [-0.05, 0) is 45.0 Å². The normalized spacial score (nSPS) is 17.7. The highest BCUT2D eigenvalue weighted by Gasteiger charge is 2.35. The van der Waals surface area contributed by atoms with E-state index in [0.717, 1.165) is 15.4 Å². The molecule has 0 radical (unpaired) electrons. The Labute approximate surface area is 178 Å². The lowest BCUT2D eigenvalue weighted by Gasteiger charge is -2.38. The molecule has 0 fully saturated rings. The number of benzene rings is 2. The number of sulfonamides is 1. The van der Waals surface area contributed by atoms with E-state index in [4.69, 9.17) is 9.47 Å². The molecule has 0 saturated carbocycles. The number of aryl methyl sites for hydroxylation is 1. The zero-order chi connectivity index (χ0) is 22.1. The summed E-state index contributed by atoms with van der Waals surface area (Å²) in [5, 5.41) is 2.97. The molecule has 7 nitrogen and oxygen atoms in total. The Morgan fingerprint density at radius 2 is 1.90 bits per heavy atom. The maximum atomic E-state index is 12.8. The maximum absolute atomic E-state index is 12.8. The van der Waals surface area contributed by atoms with Crippen LogP contribution in [0.25, 0.3) is 0 Å². The molecule has 1 atom stereocenters. The van der Waals surface area contributed by atoms with E-state index < -0.39 is 15.6 Å². The second-order valence-corrected chi connectivity index (χ2v) is 10.2. The number of hydrogen-bond donors (Lipinski definition) is 1. The number of carbonyl (C=O) groups is 1. The first-order valence-electron chi connectivity index (χ1n) is 9.71. The van der Waals surface area contributed by atoms with Crippen LogP contribution in [0.5, 0.6) is 11.5 Å². The molecule has 0 bridgehead atoms. The Bertz CT molecular complexity index is 1030. The first-order valence-corrected chi connectivity index (χ1v) is 11.2. The molecule has 0 aliphatic carbocycles. The smallest absolute Gasteiger partial charge is 0.243 e. The van der Waals surface area contributed by atoms with E-state index in [-0.39, 0.29) is 23.4 Å². The van der Waals surface area contributed by atoms with Crippen LogP contribution >= 0.6 is 0 Å². The lowest BCUT2D eigenvalue weighted by atomic mass is 9.89. The number of carbonyl (C=O) groups excluding carboxylic acids is 1. The zero-order valence-corrected chi connectivity index (χ0v) is 18.7. The van der Waals surface area contributed by atoms with Gasteiger partial charge in [0.25, 0.3) is 0 Å². The van der Waals surface area contributed by atoms with E-state index in [9.17, 15) is 13.2 Å². The van der Waals surface area contributed by atoms with Crippen LogP contribution in [-0.4, -0.2) is 44.9 Å². The topological polar surface area (TPSA) is 84.9 Å². The van der Waals surface area contributed by atoms with Gasteiger partial charge in [-0.2, -0.15) is 4.31 Å². The Balaban J connectivity index is 1.75. The molecule has 1 N–H and O–H groups in total. The van der Waals surface area contributed by atoms with Gasteiger partial charge in [0.05, 0.1) is 24.6 Å². The van der Waals surface area contributed by atoms with Crippen molar-refractivity contribution in [2.45, 2.75) is 43.7 Å². The van der Waals surface area contributed by atoms with Crippen molar-refractivity contribution in [3.63, 3.8) is 0 Å². The second-order valence-electron chi connectivity index (χ2n) is 8.16. The molecule has 0 saturated heterocycles. The van der Waals surface area contributed by atoms with Gasteiger partial charge in [0.1, 0.15) is 17.1 Å². The second kappa shape index (κ2) is 8.28. The molecule has 162 valence electrons. The average molecular weight is 433 g/mol. The van der Waals surface area contributed by atoms with Crippen LogP contribution in [-0.2, 0) is 14.8 Å². The van der Waals surface area contributed by atoms with Gasteiger partial charge in [-0.1, -0.05) is 17.7 Å². The minimum absolute atomic E-state index is 0.160. The summed E-state index contributed by atoms with van der Waals surface area (Å²) < 4.78 is 37.9. The number of rotatable bonds is 6. The van der Waals surface area contributed by atoms with E-state index in [1.165, 1.54) is 7.05 Å². The largest absolute Gasteiger partial charge is 0.497 e. The summed E-state index contributed by atoms with van der Waals surface area (Å²) in [6.07, 6.45) is 0.562. The van der Waals surface area contributed by atoms with E-state index in [0.29, 0.717) is 17.9 Å². The highest BCUT2D eigenvalue weighted by molar-refractivity contribution is 7.89. The number of nitrogens with one attached hydrogen (secondary N) is 1. The lowest BCUT2D eigenvalue weighted by molar-refractivity contribution is -0.122. The van der Waals surface area contributed by atoms with Crippen molar-refractivity contribution in [2.24, 2.45) is 0 Å². The fourth-order valence-corrected chi connectivity index (χ4v) is 4.63. The number of fused-ring (bicyclic) bond motifs is 1. The molecule has 8 heteroatoms. The minimum atomic E-state index is -3.75. The first kappa shape index (κ1) is 22.1.